The second-order valence-electron chi connectivity index (χ2n) is 6.44. The zero-order valence-electron chi connectivity index (χ0n) is 15.2. The molecule has 3 heterocycles. The van der Waals surface area contributed by atoms with Crippen molar-refractivity contribution >= 4 is 28.8 Å². The molecule has 142 valence electrons. The van der Waals surface area contributed by atoms with Gasteiger partial charge in [0.1, 0.15) is 5.82 Å². The van der Waals surface area contributed by atoms with Gasteiger partial charge in [0.2, 0.25) is 5.71 Å². The van der Waals surface area contributed by atoms with Crippen LogP contribution in [0.3, 0.4) is 0 Å². The molecule has 0 amide bonds. The van der Waals surface area contributed by atoms with Crippen molar-refractivity contribution in [2.45, 2.75) is 0 Å². The van der Waals surface area contributed by atoms with Gasteiger partial charge >= 0.3 is 0 Å². The summed E-state index contributed by atoms with van der Waals surface area (Å²) >= 11 is 5.88. The molecule has 0 radical (unpaired) electrons. The third-order valence-corrected chi connectivity index (χ3v) is 4.81. The smallest absolute Gasteiger partial charge is 0.213 e. The van der Waals surface area contributed by atoms with E-state index in [4.69, 9.17) is 27.5 Å². The SMILES string of the molecule is Nc1ccc(-c2ncc(Cl)cn2)cc1C(=[NH2+])c1ccnc(N2CCOCC2)c1. The molecular weight excluding hydrogens is 376 g/mol. The fraction of sp³-hybridized carbons (Fsp3) is 0.200. The highest BCUT2D eigenvalue weighted by Crippen LogP contribution is 2.24. The van der Waals surface area contributed by atoms with Crippen LogP contribution in [0.15, 0.2) is 48.9 Å². The van der Waals surface area contributed by atoms with E-state index in [-0.39, 0.29) is 0 Å². The first-order chi connectivity index (χ1) is 13.6. The maximum Gasteiger partial charge on any atom is 0.213 e. The van der Waals surface area contributed by atoms with Gasteiger partial charge in [0.25, 0.3) is 0 Å². The summed E-state index contributed by atoms with van der Waals surface area (Å²) in [5.41, 5.74) is 9.76. The molecule has 28 heavy (non-hydrogen) atoms. The Morgan fingerprint density at radius 3 is 2.57 bits per heavy atom. The molecule has 7 nitrogen and oxygen atoms in total. The molecule has 0 saturated carbocycles. The van der Waals surface area contributed by atoms with E-state index >= 15 is 0 Å². The van der Waals surface area contributed by atoms with Crippen LogP contribution >= 0.6 is 11.6 Å². The van der Waals surface area contributed by atoms with Crippen LogP contribution in [-0.2, 0) is 4.74 Å². The predicted octanol–water partition coefficient (Wildman–Crippen LogP) is 1.21. The van der Waals surface area contributed by atoms with E-state index in [9.17, 15) is 0 Å². The molecule has 2 aromatic heterocycles. The summed E-state index contributed by atoms with van der Waals surface area (Å²) < 4.78 is 5.41. The van der Waals surface area contributed by atoms with Crippen molar-refractivity contribution in [1.29, 1.82) is 0 Å². The lowest BCUT2D eigenvalue weighted by atomic mass is 9.99. The minimum Gasteiger partial charge on any atom is -0.398 e. The third-order valence-electron chi connectivity index (χ3n) is 4.61. The highest BCUT2D eigenvalue weighted by molar-refractivity contribution is 6.30. The van der Waals surface area contributed by atoms with Gasteiger partial charge in [-0.15, -0.1) is 0 Å². The number of pyridine rings is 1. The normalized spacial score (nSPS) is 14.1. The van der Waals surface area contributed by atoms with E-state index in [2.05, 4.69) is 19.9 Å². The molecule has 0 spiro atoms. The number of benzene rings is 1. The number of nitrogens with two attached hydrogens (primary N) is 2. The molecule has 4 rings (SSSR count). The fourth-order valence-corrected chi connectivity index (χ4v) is 3.19. The number of hydrogen-bond donors (Lipinski definition) is 2. The van der Waals surface area contributed by atoms with Gasteiger partial charge in [-0.25, -0.2) is 15.0 Å². The number of nitrogen functional groups attached to an aromatic ring is 1. The predicted molar refractivity (Wildman–Crippen MR) is 109 cm³/mol. The molecule has 0 aliphatic carbocycles. The van der Waals surface area contributed by atoms with Gasteiger partial charge in [0.05, 0.1) is 29.4 Å². The molecule has 0 unspecified atom stereocenters. The Kier molecular flexibility index (Phi) is 5.18. The van der Waals surface area contributed by atoms with Crippen molar-refractivity contribution in [1.82, 2.24) is 15.0 Å². The second kappa shape index (κ2) is 7.92. The van der Waals surface area contributed by atoms with Crippen molar-refractivity contribution in [3.63, 3.8) is 0 Å². The van der Waals surface area contributed by atoms with Crippen molar-refractivity contribution in [2.75, 3.05) is 36.9 Å². The number of ether oxygens (including phenoxy) is 1. The number of hydrogen-bond acceptors (Lipinski definition) is 6. The van der Waals surface area contributed by atoms with Gasteiger partial charge in [-0.05, 0) is 30.3 Å². The molecular formula is C20H20ClN6O+. The minimum absolute atomic E-state index is 0.484. The number of morpholine rings is 1. The zero-order chi connectivity index (χ0) is 19.5. The lowest BCUT2D eigenvalue weighted by Crippen LogP contribution is -2.42. The van der Waals surface area contributed by atoms with E-state index in [1.165, 1.54) is 0 Å². The van der Waals surface area contributed by atoms with E-state index in [1.54, 1.807) is 24.7 Å². The Balaban J connectivity index is 1.66. The highest BCUT2D eigenvalue weighted by Gasteiger charge is 2.19. The quantitative estimate of drug-likeness (QED) is 0.508. The van der Waals surface area contributed by atoms with E-state index in [0.717, 1.165) is 35.6 Å². The maximum absolute atomic E-state index is 6.49. The molecule has 3 aromatic rings. The van der Waals surface area contributed by atoms with Gasteiger partial charge < -0.3 is 15.4 Å². The van der Waals surface area contributed by atoms with E-state index < -0.39 is 0 Å². The molecule has 1 saturated heterocycles. The molecule has 4 N–H and O–H groups in total. The van der Waals surface area contributed by atoms with Gasteiger partial charge in [0, 0.05) is 42.9 Å². The number of anilines is 2. The first kappa shape index (κ1) is 18.3. The molecule has 1 aliphatic rings. The molecule has 0 atom stereocenters. The van der Waals surface area contributed by atoms with Crippen molar-refractivity contribution < 1.29 is 10.1 Å². The zero-order valence-corrected chi connectivity index (χ0v) is 15.9. The molecule has 8 heteroatoms. The summed E-state index contributed by atoms with van der Waals surface area (Å²) in [7, 11) is 0. The standard InChI is InChI=1S/C20H19ClN6O/c21-15-11-25-20(26-12-15)14-1-2-17(22)16(9-14)19(23)13-3-4-24-18(10-13)27-5-7-28-8-6-27/h1-4,9-12,23H,5-8,22H2/p+1. The summed E-state index contributed by atoms with van der Waals surface area (Å²) in [6.45, 7) is 3.01. The average molecular weight is 396 g/mol. The second-order valence-corrected chi connectivity index (χ2v) is 6.88. The fourth-order valence-electron chi connectivity index (χ4n) is 3.10. The summed E-state index contributed by atoms with van der Waals surface area (Å²) in [6, 6.07) is 9.42. The van der Waals surface area contributed by atoms with Crippen LogP contribution in [0.4, 0.5) is 11.5 Å². The van der Waals surface area contributed by atoms with Gasteiger partial charge in [-0.1, -0.05) is 11.6 Å². The first-order valence-corrected chi connectivity index (χ1v) is 9.29. The van der Waals surface area contributed by atoms with Gasteiger partial charge in [-0.3, -0.25) is 5.41 Å². The molecule has 1 aromatic carbocycles. The Morgan fingerprint density at radius 2 is 1.82 bits per heavy atom. The largest absolute Gasteiger partial charge is 0.398 e. The Hall–Kier alpha value is -3.03. The van der Waals surface area contributed by atoms with Gasteiger partial charge in [-0.2, -0.15) is 0 Å². The van der Waals surface area contributed by atoms with Crippen LogP contribution in [0.25, 0.3) is 11.4 Å². The lowest BCUT2D eigenvalue weighted by Gasteiger charge is -2.27. The van der Waals surface area contributed by atoms with E-state index in [0.29, 0.717) is 35.5 Å². The minimum atomic E-state index is 0.484. The van der Waals surface area contributed by atoms with Crippen molar-refractivity contribution in [3.05, 3.63) is 65.1 Å². The Bertz CT molecular complexity index is 1000. The van der Waals surface area contributed by atoms with Crippen LogP contribution in [0.5, 0.6) is 0 Å². The van der Waals surface area contributed by atoms with Crippen LogP contribution < -0.4 is 16.0 Å². The monoisotopic (exact) mass is 395 g/mol. The summed E-state index contributed by atoms with van der Waals surface area (Å²) in [5, 5.41) is 6.97. The number of aromatic nitrogens is 3. The van der Waals surface area contributed by atoms with Crippen molar-refractivity contribution in [3.8, 4) is 11.4 Å². The van der Waals surface area contributed by atoms with Crippen LogP contribution in [0.1, 0.15) is 11.1 Å². The number of halogens is 1. The summed E-state index contributed by atoms with van der Waals surface area (Å²) in [6.07, 6.45) is 4.88. The number of rotatable bonds is 4. The Labute approximate surface area is 167 Å². The highest BCUT2D eigenvalue weighted by atomic mass is 35.5. The number of nitrogens with zero attached hydrogens (tertiary/aromatic N) is 4. The van der Waals surface area contributed by atoms with Crippen LogP contribution in [-0.4, -0.2) is 47.0 Å². The van der Waals surface area contributed by atoms with E-state index in [1.807, 2.05) is 24.3 Å². The van der Waals surface area contributed by atoms with Gasteiger partial charge in [0.15, 0.2) is 5.82 Å². The lowest BCUT2D eigenvalue weighted by molar-refractivity contribution is -0.111. The van der Waals surface area contributed by atoms with Crippen LogP contribution in [0.2, 0.25) is 5.02 Å². The third kappa shape index (κ3) is 3.81. The van der Waals surface area contributed by atoms with Crippen molar-refractivity contribution in [2.24, 2.45) is 0 Å². The maximum atomic E-state index is 6.49. The van der Waals surface area contributed by atoms with Crippen LogP contribution in [0, 0.1) is 0 Å². The average Bonchev–Trinajstić information content (AvgIpc) is 2.75. The summed E-state index contributed by atoms with van der Waals surface area (Å²) in [5.74, 6) is 1.43. The molecule has 1 aliphatic heterocycles. The Morgan fingerprint density at radius 1 is 1.07 bits per heavy atom. The summed E-state index contributed by atoms with van der Waals surface area (Å²) in [4.78, 5) is 15.2. The first-order valence-electron chi connectivity index (χ1n) is 8.91. The molecule has 1 fully saturated rings. The molecule has 0 bridgehead atoms. The topological polar surface area (TPSA) is 103 Å².